The third-order valence-corrected chi connectivity index (χ3v) is 9.36. The maximum atomic E-state index is 13.6. The van der Waals surface area contributed by atoms with Crippen LogP contribution in [0.15, 0.2) is 23.4 Å². The number of ketones is 1. The zero-order valence-electron chi connectivity index (χ0n) is 18.9. The Morgan fingerprint density at radius 1 is 1.20 bits per heavy atom. The van der Waals surface area contributed by atoms with Crippen LogP contribution in [0.3, 0.4) is 0 Å². The van der Waals surface area contributed by atoms with E-state index in [4.69, 9.17) is 0 Å². The van der Waals surface area contributed by atoms with Crippen molar-refractivity contribution >= 4 is 11.9 Å². The first-order valence-electron chi connectivity index (χ1n) is 11.9. The Kier molecular flexibility index (Phi) is 4.66. The Morgan fingerprint density at radius 3 is 2.70 bits per heavy atom. The van der Waals surface area contributed by atoms with Crippen molar-refractivity contribution < 1.29 is 9.90 Å². The van der Waals surface area contributed by atoms with Crippen molar-refractivity contribution in [2.24, 2.45) is 28.6 Å². The molecule has 0 spiro atoms. The van der Waals surface area contributed by atoms with Crippen LogP contribution in [0, 0.1) is 35.5 Å². The molecular formula is C26H36N2O2. The van der Waals surface area contributed by atoms with Gasteiger partial charge in [0, 0.05) is 23.7 Å². The fourth-order valence-corrected chi connectivity index (χ4v) is 7.47. The molecule has 30 heavy (non-hydrogen) atoms. The average molecular weight is 409 g/mol. The van der Waals surface area contributed by atoms with E-state index in [0.29, 0.717) is 23.5 Å². The van der Waals surface area contributed by atoms with Gasteiger partial charge in [0.2, 0.25) is 0 Å². The Labute approximate surface area is 180 Å². The lowest BCUT2D eigenvalue weighted by atomic mass is 9.48. The molecule has 1 aromatic rings. The van der Waals surface area contributed by atoms with Crippen molar-refractivity contribution in [1.29, 1.82) is 0 Å². The molecule has 0 radical (unpaired) electrons. The van der Waals surface area contributed by atoms with Crippen molar-refractivity contribution in [1.82, 2.24) is 9.78 Å². The predicted molar refractivity (Wildman–Crippen MR) is 119 cm³/mol. The molecular weight excluding hydrogens is 372 g/mol. The first-order chi connectivity index (χ1) is 14.3. The van der Waals surface area contributed by atoms with Gasteiger partial charge in [-0.15, -0.1) is 0 Å². The van der Waals surface area contributed by atoms with E-state index in [2.05, 4.69) is 44.2 Å². The van der Waals surface area contributed by atoms with Gasteiger partial charge in [-0.1, -0.05) is 25.5 Å². The van der Waals surface area contributed by atoms with Crippen LogP contribution in [0.2, 0.25) is 0 Å². The second kappa shape index (κ2) is 6.91. The van der Waals surface area contributed by atoms with E-state index < -0.39 is 0 Å². The summed E-state index contributed by atoms with van der Waals surface area (Å²) in [6.45, 7) is 9.67. The zero-order chi connectivity index (χ0) is 21.3. The summed E-state index contributed by atoms with van der Waals surface area (Å²) in [6, 6.07) is 0. The molecule has 0 saturated heterocycles. The van der Waals surface area contributed by atoms with E-state index in [0.717, 1.165) is 68.3 Å². The summed E-state index contributed by atoms with van der Waals surface area (Å²) in [5, 5.41) is 14.8. The molecule has 0 bridgehead atoms. The van der Waals surface area contributed by atoms with Crippen LogP contribution >= 0.6 is 0 Å². The molecule has 0 amide bonds. The Hall–Kier alpha value is -1.68. The number of rotatable bonds is 2. The highest BCUT2D eigenvalue weighted by Gasteiger charge is 2.59. The van der Waals surface area contributed by atoms with E-state index in [9.17, 15) is 9.90 Å². The summed E-state index contributed by atoms with van der Waals surface area (Å²) in [7, 11) is 0. The van der Waals surface area contributed by atoms with Gasteiger partial charge in [-0.3, -0.25) is 9.48 Å². The Balaban J connectivity index is 1.48. The fourth-order valence-electron chi connectivity index (χ4n) is 7.47. The molecule has 0 unspecified atom stereocenters. The number of aliphatic hydroxyl groups excluding tert-OH is 1. The fraction of sp³-hybridized carbons (Fsp3) is 0.692. The lowest BCUT2D eigenvalue weighted by molar-refractivity contribution is -0.130. The minimum absolute atomic E-state index is 0.162. The molecule has 3 saturated carbocycles. The topological polar surface area (TPSA) is 55.1 Å². The van der Waals surface area contributed by atoms with Gasteiger partial charge in [0.15, 0.2) is 5.78 Å². The molecule has 6 atom stereocenters. The normalized spacial score (nSPS) is 42.0. The van der Waals surface area contributed by atoms with Gasteiger partial charge in [0.25, 0.3) is 0 Å². The lowest BCUT2D eigenvalue weighted by Crippen LogP contribution is -2.50. The van der Waals surface area contributed by atoms with Crippen LogP contribution in [-0.2, 0) is 11.3 Å². The van der Waals surface area contributed by atoms with Gasteiger partial charge in [-0.05, 0) is 93.6 Å². The molecule has 4 aliphatic rings. The highest BCUT2D eigenvalue weighted by Crippen LogP contribution is 2.64. The van der Waals surface area contributed by atoms with Crippen LogP contribution in [-0.4, -0.2) is 26.8 Å². The SMILES string of the molecule is CCn1cc(/C=C2\C[C@@H]3[C@H]4CC=C5C[C@@H](O)CC[C@]5(C)[C@@H]4CC[C@]3(C)C2=O)c(C)n1. The van der Waals surface area contributed by atoms with Gasteiger partial charge < -0.3 is 5.11 Å². The molecule has 4 nitrogen and oxygen atoms in total. The third-order valence-electron chi connectivity index (χ3n) is 9.36. The molecule has 5 rings (SSSR count). The number of aliphatic hydroxyl groups is 1. The van der Waals surface area contributed by atoms with Crippen LogP contribution in [0.1, 0.15) is 77.0 Å². The lowest BCUT2D eigenvalue weighted by Gasteiger charge is -2.56. The van der Waals surface area contributed by atoms with E-state index in [1.54, 1.807) is 0 Å². The first-order valence-corrected chi connectivity index (χ1v) is 11.9. The maximum absolute atomic E-state index is 13.6. The first kappa shape index (κ1) is 20.2. The molecule has 162 valence electrons. The quantitative estimate of drug-likeness (QED) is 0.547. The highest BCUT2D eigenvalue weighted by atomic mass is 16.3. The van der Waals surface area contributed by atoms with E-state index in [-0.39, 0.29) is 16.9 Å². The highest BCUT2D eigenvalue weighted by molar-refractivity contribution is 6.06. The van der Waals surface area contributed by atoms with Gasteiger partial charge in [0.05, 0.1) is 11.8 Å². The van der Waals surface area contributed by atoms with Gasteiger partial charge in [0.1, 0.15) is 0 Å². The van der Waals surface area contributed by atoms with E-state index >= 15 is 0 Å². The summed E-state index contributed by atoms with van der Waals surface area (Å²) in [5.74, 6) is 2.06. The summed E-state index contributed by atoms with van der Waals surface area (Å²) < 4.78 is 1.96. The van der Waals surface area contributed by atoms with Crippen molar-refractivity contribution in [2.75, 3.05) is 0 Å². The summed E-state index contributed by atoms with van der Waals surface area (Å²) in [5.41, 5.74) is 4.62. The molecule has 1 heterocycles. The molecule has 1 N–H and O–H groups in total. The second-order valence-corrected chi connectivity index (χ2v) is 10.8. The smallest absolute Gasteiger partial charge is 0.165 e. The second-order valence-electron chi connectivity index (χ2n) is 10.8. The molecule has 1 aromatic heterocycles. The molecule has 0 aliphatic heterocycles. The number of fused-ring (bicyclic) bond motifs is 5. The third kappa shape index (κ3) is 2.82. The van der Waals surface area contributed by atoms with E-state index in [1.807, 2.05) is 11.6 Å². The van der Waals surface area contributed by atoms with Crippen molar-refractivity contribution in [3.05, 3.63) is 34.7 Å². The molecule has 3 fully saturated rings. The minimum Gasteiger partial charge on any atom is -0.393 e. The molecule has 0 aromatic carbocycles. The largest absolute Gasteiger partial charge is 0.393 e. The number of nitrogens with zero attached hydrogens (tertiary/aromatic N) is 2. The Morgan fingerprint density at radius 2 is 1.97 bits per heavy atom. The standard InChI is InChI=1S/C26H36N2O2/c1-5-28-15-18(16(2)27-28)12-17-13-23-21-7-6-19-14-20(29)8-10-25(19,3)22(21)9-11-26(23,4)24(17)30/h6,12,15,20-23,29H,5,7-11,13-14H2,1-4H3/b17-12+/t20-,21-,22+,23+,25-,26-/m0/s1. The van der Waals surface area contributed by atoms with Crippen molar-refractivity contribution in [2.45, 2.75) is 85.3 Å². The van der Waals surface area contributed by atoms with Crippen molar-refractivity contribution in [3.63, 3.8) is 0 Å². The number of carbonyl (C=O) groups excluding carboxylic acids is 1. The number of hydrogen-bond donors (Lipinski definition) is 1. The van der Waals surface area contributed by atoms with Gasteiger partial charge in [-0.25, -0.2) is 0 Å². The van der Waals surface area contributed by atoms with Crippen LogP contribution in [0.4, 0.5) is 0 Å². The summed E-state index contributed by atoms with van der Waals surface area (Å²) in [6.07, 6.45) is 13.5. The number of aryl methyl sites for hydroxylation is 2. The zero-order valence-corrected chi connectivity index (χ0v) is 18.9. The monoisotopic (exact) mass is 408 g/mol. The number of allylic oxidation sites excluding steroid dienone is 2. The van der Waals surface area contributed by atoms with Crippen molar-refractivity contribution in [3.8, 4) is 0 Å². The summed E-state index contributed by atoms with van der Waals surface area (Å²) in [4.78, 5) is 13.6. The average Bonchev–Trinajstić information content (AvgIpc) is 3.20. The minimum atomic E-state index is -0.211. The van der Waals surface area contributed by atoms with Crippen LogP contribution in [0.25, 0.3) is 6.08 Å². The number of aromatic nitrogens is 2. The molecule has 4 aliphatic carbocycles. The van der Waals surface area contributed by atoms with Crippen LogP contribution in [0.5, 0.6) is 0 Å². The number of hydrogen-bond acceptors (Lipinski definition) is 3. The number of Topliss-reactive ketones (excluding diaryl/α,β-unsaturated/α-hetero) is 1. The van der Waals surface area contributed by atoms with Crippen LogP contribution < -0.4 is 0 Å². The summed E-state index contributed by atoms with van der Waals surface area (Å²) >= 11 is 0. The van der Waals surface area contributed by atoms with E-state index in [1.165, 1.54) is 5.57 Å². The van der Waals surface area contributed by atoms with Gasteiger partial charge in [-0.2, -0.15) is 5.10 Å². The maximum Gasteiger partial charge on any atom is 0.165 e. The number of carbonyl (C=O) groups is 1. The Bertz CT molecular complexity index is 941. The van der Waals surface area contributed by atoms with Gasteiger partial charge >= 0.3 is 0 Å². The molecule has 4 heteroatoms. The predicted octanol–water partition coefficient (Wildman–Crippen LogP) is 5.10.